The molecule has 0 spiro atoms. The SMILES string of the molecule is COc1cc2c(cc1OC)CN(CCc1ccc(NC(=O)c3ccccc3NC(=O)CC34CC5CC(CC(C5)C3)C4)cc1)CC2. The fourth-order valence-electron chi connectivity index (χ4n) is 9.20. The average molecular weight is 608 g/mol. The molecule has 2 amide bonds. The van der Waals surface area contributed by atoms with Crippen molar-refractivity contribution >= 4 is 23.2 Å². The molecule has 8 rings (SSSR count). The smallest absolute Gasteiger partial charge is 0.257 e. The van der Waals surface area contributed by atoms with Crippen molar-refractivity contribution in [3.8, 4) is 11.5 Å². The van der Waals surface area contributed by atoms with E-state index in [0.29, 0.717) is 17.7 Å². The molecule has 45 heavy (non-hydrogen) atoms. The van der Waals surface area contributed by atoms with Gasteiger partial charge in [0.2, 0.25) is 5.91 Å². The van der Waals surface area contributed by atoms with Gasteiger partial charge in [-0.05, 0) is 128 Å². The minimum Gasteiger partial charge on any atom is -0.493 e. The normalized spacial score (nSPS) is 25.0. The summed E-state index contributed by atoms with van der Waals surface area (Å²) in [5, 5.41) is 6.15. The van der Waals surface area contributed by atoms with E-state index in [4.69, 9.17) is 9.47 Å². The standard InChI is InChI=1S/C38H45N3O4/c1-44-34-18-29-12-14-41(24-30(29)19-35(34)45-2)13-11-25-7-9-31(10-8-25)39-37(43)32-5-3-4-6-33(32)40-36(42)23-38-20-26-15-27(21-38)17-28(16-26)22-38/h3-10,18-19,26-28H,11-17,20-24H2,1-2H3,(H,39,43)(H,40,42). The molecule has 0 saturated heterocycles. The van der Waals surface area contributed by atoms with Crippen LogP contribution in [-0.4, -0.2) is 44.0 Å². The molecule has 4 bridgehead atoms. The summed E-state index contributed by atoms with van der Waals surface area (Å²) in [6, 6.07) is 19.6. The highest BCUT2D eigenvalue weighted by Crippen LogP contribution is 2.61. The van der Waals surface area contributed by atoms with Crippen LogP contribution in [0, 0.1) is 23.2 Å². The fraction of sp³-hybridized carbons (Fsp3) is 0.474. The second kappa shape index (κ2) is 12.5. The monoisotopic (exact) mass is 607 g/mol. The lowest BCUT2D eigenvalue weighted by Crippen LogP contribution is -2.47. The molecule has 4 saturated carbocycles. The number of benzene rings is 3. The van der Waals surface area contributed by atoms with Gasteiger partial charge in [0.1, 0.15) is 0 Å². The maximum Gasteiger partial charge on any atom is 0.257 e. The number of rotatable bonds is 10. The van der Waals surface area contributed by atoms with Gasteiger partial charge in [0.25, 0.3) is 5.91 Å². The Morgan fingerprint density at radius 2 is 1.49 bits per heavy atom. The first kappa shape index (κ1) is 29.8. The number of hydrogen-bond donors (Lipinski definition) is 2. The van der Waals surface area contributed by atoms with Crippen LogP contribution >= 0.6 is 0 Å². The van der Waals surface area contributed by atoms with Crippen LogP contribution in [0.5, 0.6) is 11.5 Å². The molecule has 2 N–H and O–H groups in total. The molecule has 236 valence electrons. The van der Waals surface area contributed by atoms with E-state index < -0.39 is 0 Å². The van der Waals surface area contributed by atoms with Crippen LogP contribution in [0.25, 0.3) is 0 Å². The number of nitrogens with one attached hydrogen (secondary N) is 2. The summed E-state index contributed by atoms with van der Waals surface area (Å²) < 4.78 is 11.0. The summed E-state index contributed by atoms with van der Waals surface area (Å²) in [4.78, 5) is 29.1. The van der Waals surface area contributed by atoms with Gasteiger partial charge in [0.05, 0.1) is 25.5 Å². The Kier molecular flexibility index (Phi) is 8.30. The molecule has 0 unspecified atom stereocenters. The van der Waals surface area contributed by atoms with Crippen molar-refractivity contribution in [1.29, 1.82) is 0 Å². The maximum atomic E-state index is 13.3. The van der Waals surface area contributed by atoms with Crippen molar-refractivity contribution in [3.63, 3.8) is 0 Å². The van der Waals surface area contributed by atoms with Crippen LogP contribution in [0.15, 0.2) is 60.7 Å². The number of nitrogens with zero attached hydrogens (tertiary/aromatic N) is 1. The average Bonchev–Trinajstić information content (AvgIpc) is 3.03. The first-order valence-electron chi connectivity index (χ1n) is 16.6. The van der Waals surface area contributed by atoms with Crippen molar-refractivity contribution in [1.82, 2.24) is 4.90 Å². The van der Waals surface area contributed by atoms with E-state index in [-0.39, 0.29) is 17.2 Å². The number of anilines is 2. The van der Waals surface area contributed by atoms with Crippen LogP contribution in [0.2, 0.25) is 0 Å². The van der Waals surface area contributed by atoms with Gasteiger partial charge in [-0.1, -0.05) is 24.3 Å². The van der Waals surface area contributed by atoms with E-state index in [1.165, 1.54) is 55.2 Å². The summed E-state index contributed by atoms with van der Waals surface area (Å²) in [5.74, 6) is 3.82. The molecule has 4 fully saturated rings. The summed E-state index contributed by atoms with van der Waals surface area (Å²) >= 11 is 0. The third-order valence-electron chi connectivity index (χ3n) is 10.9. The third-order valence-corrected chi connectivity index (χ3v) is 10.9. The third kappa shape index (κ3) is 6.46. The molecule has 3 aromatic carbocycles. The van der Waals surface area contributed by atoms with Gasteiger partial charge in [-0.2, -0.15) is 0 Å². The fourth-order valence-corrected chi connectivity index (χ4v) is 9.20. The summed E-state index contributed by atoms with van der Waals surface area (Å²) in [6.45, 7) is 2.85. The van der Waals surface area contributed by atoms with Crippen molar-refractivity contribution in [3.05, 3.63) is 82.9 Å². The molecule has 3 aromatic rings. The molecule has 5 aliphatic rings. The largest absolute Gasteiger partial charge is 0.493 e. The first-order valence-corrected chi connectivity index (χ1v) is 16.6. The zero-order valence-electron chi connectivity index (χ0n) is 26.6. The number of para-hydroxylation sites is 1. The lowest BCUT2D eigenvalue weighted by Gasteiger charge is -2.56. The Balaban J connectivity index is 0.929. The predicted octanol–water partition coefficient (Wildman–Crippen LogP) is 7.10. The minimum atomic E-state index is -0.215. The van der Waals surface area contributed by atoms with Gasteiger partial charge in [0, 0.05) is 31.7 Å². The van der Waals surface area contributed by atoms with Crippen LogP contribution in [0.1, 0.15) is 72.0 Å². The van der Waals surface area contributed by atoms with Crippen molar-refractivity contribution in [2.45, 2.75) is 64.3 Å². The number of methoxy groups -OCH3 is 2. The van der Waals surface area contributed by atoms with Crippen molar-refractivity contribution in [2.75, 3.05) is 37.9 Å². The van der Waals surface area contributed by atoms with Crippen molar-refractivity contribution in [2.24, 2.45) is 23.2 Å². The molecule has 0 radical (unpaired) electrons. The quantitative estimate of drug-likeness (QED) is 0.257. The van der Waals surface area contributed by atoms with E-state index in [0.717, 1.165) is 67.4 Å². The van der Waals surface area contributed by atoms with Crippen LogP contribution < -0.4 is 20.1 Å². The molecular weight excluding hydrogens is 562 g/mol. The lowest BCUT2D eigenvalue weighted by molar-refractivity contribution is -0.124. The second-order valence-corrected chi connectivity index (χ2v) is 14.1. The highest BCUT2D eigenvalue weighted by molar-refractivity contribution is 6.10. The second-order valence-electron chi connectivity index (χ2n) is 14.1. The molecule has 4 aliphatic carbocycles. The van der Waals surface area contributed by atoms with E-state index in [1.54, 1.807) is 20.3 Å². The molecular formula is C38H45N3O4. The number of ether oxygens (including phenoxy) is 2. The highest BCUT2D eigenvalue weighted by Gasteiger charge is 2.51. The molecule has 0 atom stereocenters. The van der Waals surface area contributed by atoms with E-state index in [9.17, 15) is 9.59 Å². The zero-order chi connectivity index (χ0) is 31.0. The predicted molar refractivity (Wildman–Crippen MR) is 177 cm³/mol. The van der Waals surface area contributed by atoms with E-state index >= 15 is 0 Å². The highest BCUT2D eigenvalue weighted by atomic mass is 16.5. The van der Waals surface area contributed by atoms with Crippen LogP contribution in [0.3, 0.4) is 0 Å². The lowest BCUT2D eigenvalue weighted by atomic mass is 9.49. The van der Waals surface area contributed by atoms with Gasteiger partial charge in [-0.25, -0.2) is 0 Å². The minimum absolute atomic E-state index is 0.0395. The zero-order valence-corrected chi connectivity index (χ0v) is 26.6. The first-order chi connectivity index (χ1) is 21.9. The Morgan fingerprint density at radius 3 is 2.16 bits per heavy atom. The van der Waals surface area contributed by atoms with Gasteiger partial charge in [-0.3, -0.25) is 14.5 Å². The number of fused-ring (bicyclic) bond motifs is 1. The summed E-state index contributed by atoms with van der Waals surface area (Å²) in [7, 11) is 3.36. The van der Waals surface area contributed by atoms with Crippen LogP contribution in [0.4, 0.5) is 11.4 Å². The van der Waals surface area contributed by atoms with Gasteiger partial charge in [0.15, 0.2) is 11.5 Å². The Morgan fingerprint density at radius 1 is 0.844 bits per heavy atom. The van der Waals surface area contributed by atoms with Crippen LogP contribution in [-0.2, 0) is 24.2 Å². The van der Waals surface area contributed by atoms with Gasteiger partial charge >= 0.3 is 0 Å². The number of carbonyl (C=O) groups excluding carboxylic acids is 2. The van der Waals surface area contributed by atoms with E-state index in [1.807, 2.05) is 30.3 Å². The topological polar surface area (TPSA) is 79.9 Å². The van der Waals surface area contributed by atoms with Gasteiger partial charge < -0.3 is 20.1 Å². The van der Waals surface area contributed by atoms with E-state index in [2.05, 4.69) is 39.8 Å². The number of carbonyl (C=O) groups is 2. The number of hydrogen-bond acceptors (Lipinski definition) is 5. The summed E-state index contributed by atoms with van der Waals surface area (Å²) in [6.07, 6.45) is 10.2. The number of amides is 2. The maximum absolute atomic E-state index is 13.3. The molecule has 1 heterocycles. The van der Waals surface area contributed by atoms with Gasteiger partial charge in [-0.15, -0.1) is 0 Å². The van der Waals surface area contributed by atoms with Crippen molar-refractivity contribution < 1.29 is 19.1 Å². The molecule has 7 heteroatoms. The Bertz CT molecular complexity index is 1530. The molecule has 7 nitrogen and oxygen atoms in total. The summed E-state index contributed by atoms with van der Waals surface area (Å²) in [5.41, 5.74) is 5.82. The Labute approximate surface area is 266 Å². The molecule has 1 aliphatic heterocycles. The molecule has 0 aromatic heterocycles. The Hall–Kier alpha value is -3.84.